The lowest BCUT2D eigenvalue weighted by molar-refractivity contribution is 0.0697. The molecule has 2 saturated heterocycles. The van der Waals surface area contributed by atoms with Crippen LogP contribution in [-0.2, 0) is 0 Å². The minimum atomic E-state index is 0.151. The Morgan fingerprint density at radius 2 is 1.83 bits per heavy atom. The van der Waals surface area contributed by atoms with Crippen LogP contribution in [0.1, 0.15) is 62.2 Å². The average Bonchev–Trinajstić information content (AvgIpc) is 3.06. The third-order valence-corrected chi connectivity index (χ3v) is 6.37. The van der Waals surface area contributed by atoms with Crippen LogP contribution in [0.4, 0.5) is 5.82 Å². The van der Waals surface area contributed by atoms with Gasteiger partial charge < -0.3 is 9.80 Å². The molecule has 2 atom stereocenters. The first-order chi connectivity index (χ1) is 11.7. The van der Waals surface area contributed by atoms with Crippen LogP contribution in [0.5, 0.6) is 0 Å². The number of aromatic nitrogens is 1. The van der Waals surface area contributed by atoms with E-state index in [1.807, 2.05) is 11.0 Å². The van der Waals surface area contributed by atoms with Crippen molar-refractivity contribution in [2.45, 2.75) is 57.9 Å². The number of anilines is 1. The molecule has 130 valence electrons. The molecule has 3 heterocycles. The molecule has 2 unspecified atom stereocenters. The molecule has 1 aromatic heterocycles. The third-order valence-electron chi connectivity index (χ3n) is 6.37. The Hall–Kier alpha value is -1.58. The Bertz CT molecular complexity index is 577. The fraction of sp³-hybridized carbons (Fsp3) is 0.700. The molecule has 0 N–H and O–H groups in total. The molecule has 1 amide bonds. The molecule has 0 aromatic carbocycles. The van der Waals surface area contributed by atoms with Crippen molar-refractivity contribution in [1.29, 1.82) is 0 Å². The van der Waals surface area contributed by atoms with Crippen molar-refractivity contribution in [3.8, 4) is 0 Å². The molecule has 4 rings (SSSR count). The zero-order chi connectivity index (χ0) is 16.5. The second-order valence-electron chi connectivity index (χ2n) is 7.97. The van der Waals surface area contributed by atoms with Gasteiger partial charge in [0.15, 0.2) is 0 Å². The van der Waals surface area contributed by atoms with Gasteiger partial charge in [0.2, 0.25) is 0 Å². The zero-order valence-corrected chi connectivity index (χ0v) is 14.8. The van der Waals surface area contributed by atoms with Gasteiger partial charge in [-0.15, -0.1) is 0 Å². The number of amides is 1. The summed E-state index contributed by atoms with van der Waals surface area (Å²) in [7, 11) is 0. The van der Waals surface area contributed by atoms with Crippen LogP contribution < -0.4 is 4.90 Å². The number of fused-ring (bicyclic) bond motifs is 1. The molecule has 4 heteroatoms. The van der Waals surface area contributed by atoms with Gasteiger partial charge in [0.1, 0.15) is 5.82 Å². The SMILES string of the molecule is CC1CCN(C(=O)c2ccc(N3CCC4CCCCC43)nc2)CC1. The van der Waals surface area contributed by atoms with Crippen molar-refractivity contribution in [3.63, 3.8) is 0 Å². The van der Waals surface area contributed by atoms with Gasteiger partial charge in [-0.3, -0.25) is 4.79 Å². The van der Waals surface area contributed by atoms with E-state index in [9.17, 15) is 4.79 Å². The Labute approximate surface area is 145 Å². The minimum absolute atomic E-state index is 0.151. The molecular formula is C20H29N3O. The summed E-state index contributed by atoms with van der Waals surface area (Å²) in [5.74, 6) is 2.82. The Balaban J connectivity index is 1.44. The van der Waals surface area contributed by atoms with Crippen molar-refractivity contribution in [2.24, 2.45) is 11.8 Å². The normalized spacial score (nSPS) is 28.0. The van der Waals surface area contributed by atoms with Gasteiger partial charge >= 0.3 is 0 Å². The molecule has 1 saturated carbocycles. The number of carbonyl (C=O) groups is 1. The van der Waals surface area contributed by atoms with Crippen molar-refractivity contribution >= 4 is 11.7 Å². The number of hydrogen-bond donors (Lipinski definition) is 0. The van der Waals surface area contributed by atoms with Gasteiger partial charge in [-0.25, -0.2) is 4.98 Å². The summed E-state index contributed by atoms with van der Waals surface area (Å²) < 4.78 is 0. The Morgan fingerprint density at radius 3 is 2.58 bits per heavy atom. The first kappa shape index (κ1) is 15.9. The molecule has 3 aliphatic rings. The van der Waals surface area contributed by atoms with E-state index in [0.717, 1.165) is 55.7 Å². The van der Waals surface area contributed by atoms with Gasteiger partial charge in [-0.05, 0) is 56.1 Å². The highest BCUT2D eigenvalue weighted by molar-refractivity contribution is 5.94. The fourth-order valence-corrected chi connectivity index (χ4v) is 4.77. The first-order valence-corrected chi connectivity index (χ1v) is 9.74. The van der Waals surface area contributed by atoms with E-state index < -0.39 is 0 Å². The monoisotopic (exact) mass is 327 g/mol. The van der Waals surface area contributed by atoms with Crippen molar-refractivity contribution in [1.82, 2.24) is 9.88 Å². The topological polar surface area (TPSA) is 36.4 Å². The van der Waals surface area contributed by atoms with Crippen LogP contribution in [0.3, 0.4) is 0 Å². The summed E-state index contributed by atoms with van der Waals surface area (Å²) in [4.78, 5) is 21.8. The van der Waals surface area contributed by atoms with Crippen LogP contribution in [-0.4, -0.2) is 41.5 Å². The number of hydrogen-bond acceptors (Lipinski definition) is 3. The number of piperidine rings is 1. The molecule has 4 nitrogen and oxygen atoms in total. The van der Waals surface area contributed by atoms with E-state index in [1.54, 1.807) is 6.20 Å². The lowest BCUT2D eigenvalue weighted by Gasteiger charge is -2.32. The molecular weight excluding hydrogens is 298 g/mol. The molecule has 2 aliphatic heterocycles. The first-order valence-electron chi connectivity index (χ1n) is 9.74. The predicted molar refractivity (Wildman–Crippen MR) is 96.2 cm³/mol. The molecule has 0 radical (unpaired) electrons. The van der Waals surface area contributed by atoms with E-state index in [0.29, 0.717) is 6.04 Å². The van der Waals surface area contributed by atoms with Crippen molar-refractivity contribution in [3.05, 3.63) is 23.9 Å². The van der Waals surface area contributed by atoms with Crippen LogP contribution in [0, 0.1) is 11.8 Å². The lowest BCUT2D eigenvalue weighted by Crippen LogP contribution is -2.38. The third kappa shape index (κ3) is 3.03. The molecule has 3 fully saturated rings. The largest absolute Gasteiger partial charge is 0.353 e. The van der Waals surface area contributed by atoms with E-state index in [-0.39, 0.29) is 5.91 Å². The molecule has 1 aromatic rings. The minimum Gasteiger partial charge on any atom is -0.353 e. The standard InChI is InChI=1S/C20H29N3O/c1-15-8-11-22(12-9-15)20(24)17-6-7-19(21-14-17)23-13-10-16-4-2-3-5-18(16)23/h6-7,14-16,18H,2-5,8-13H2,1H3. The zero-order valence-electron chi connectivity index (χ0n) is 14.8. The van der Waals surface area contributed by atoms with Crippen LogP contribution in [0.2, 0.25) is 0 Å². The molecule has 1 aliphatic carbocycles. The van der Waals surface area contributed by atoms with Gasteiger partial charge in [0.05, 0.1) is 5.56 Å². The maximum absolute atomic E-state index is 12.6. The van der Waals surface area contributed by atoms with E-state index in [4.69, 9.17) is 0 Å². The van der Waals surface area contributed by atoms with Crippen molar-refractivity contribution in [2.75, 3.05) is 24.5 Å². The highest BCUT2D eigenvalue weighted by Crippen LogP contribution is 2.38. The Kier molecular flexibility index (Phi) is 4.47. The number of pyridine rings is 1. The lowest BCUT2D eigenvalue weighted by atomic mass is 9.85. The maximum atomic E-state index is 12.6. The number of carbonyl (C=O) groups excluding carboxylic acids is 1. The van der Waals surface area contributed by atoms with Crippen LogP contribution >= 0.6 is 0 Å². The second kappa shape index (κ2) is 6.73. The molecule has 24 heavy (non-hydrogen) atoms. The van der Waals surface area contributed by atoms with Gasteiger partial charge in [-0.2, -0.15) is 0 Å². The number of rotatable bonds is 2. The summed E-state index contributed by atoms with van der Waals surface area (Å²) in [6.45, 7) is 5.17. The second-order valence-corrected chi connectivity index (χ2v) is 7.97. The number of nitrogens with zero attached hydrogens (tertiary/aromatic N) is 3. The quantitative estimate of drug-likeness (QED) is 0.830. The van der Waals surface area contributed by atoms with E-state index >= 15 is 0 Å². The summed E-state index contributed by atoms with van der Waals surface area (Å²) >= 11 is 0. The van der Waals surface area contributed by atoms with E-state index in [1.165, 1.54) is 32.1 Å². The summed E-state index contributed by atoms with van der Waals surface area (Å²) in [6.07, 6.45) is 10.8. The van der Waals surface area contributed by atoms with E-state index in [2.05, 4.69) is 22.9 Å². The number of likely N-dealkylation sites (tertiary alicyclic amines) is 1. The van der Waals surface area contributed by atoms with Crippen molar-refractivity contribution < 1.29 is 4.79 Å². The van der Waals surface area contributed by atoms with Gasteiger partial charge in [0, 0.05) is 31.9 Å². The van der Waals surface area contributed by atoms with Crippen LogP contribution in [0.25, 0.3) is 0 Å². The molecule has 0 bridgehead atoms. The predicted octanol–water partition coefficient (Wildman–Crippen LogP) is 3.72. The summed E-state index contributed by atoms with van der Waals surface area (Å²) in [6, 6.07) is 4.73. The van der Waals surface area contributed by atoms with Gasteiger partial charge in [-0.1, -0.05) is 19.8 Å². The summed E-state index contributed by atoms with van der Waals surface area (Å²) in [5.41, 5.74) is 0.743. The van der Waals surface area contributed by atoms with Gasteiger partial charge in [0.25, 0.3) is 5.91 Å². The fourth-order valence-electron chi connectivity index (χ4n) is 4.77. The highest BCUT2D eigenvalue weighted by atomic mass is 16.2. The van der Waals surface area contributed by atoms with Crippen LogP contribution in [0.15, 0.2) is 18.3 Å². The average molecular weight is 327 g/mol. The Morgan fingerprint density at radius 1 is 1.04 bits per heavy atom. The highest BCUT2D eigenvalue weighted by Gasteiger charge is 2.36. The summed E-state index contributed by atoms with van der Waals surface area (Å²) in [5, 5.41) is 0. The smallest absolute Gasteiger partial charge is 0.255 e. The maximum Gasteiger partial charge on any atom is 0.255 e. The molecule has 0 spiro atoms.